The SMILES string of the molecule is CC(C)(C)c1ccc(-c2nc3c(N4CCN(Cc5ccc6nccnc6c5)CC4)cccc3[nH]2)s1. The van der Waals surface area contributed by atoms with Crippen molar-refractivity contribution >= 4 is 39.1 Å². The first-order valence-corrected chi connectivity index (χ1v) is 13.0. The molecule has 5 aromatic rings. The number of piperazine rings is 1. The Labute approximate surface area is 209 Å². The highest BCUT2D eigenvalue weighted by Gasteiger charge is 2.22. The molecule has 1 fully saturated rings. The Kier molecular flexibility index (Phi) is 5.54. The number of hydrogen-bond donors (Lipinski definition) is 1. The van der Waals surface area contributed by atoms with Gasteiger partial charge in [-0.3, -0.25) is 14.9 Å². The van der Waals surface area contributed by atoms with Crippen molar-refractivity contribution in [2.45, 2.75) is 32.7 Å². The van der Waals surface area contributed by atoms with E-state index in [2.05, 4.69) is 94.1 Å². The third-order valence-electron chi connectivity index (χ3n) is 6.72. The zero-order chi connectivity index (χ0) is 24.0. The van der Waals surface area contributed by atoms with E-state index in [-0.39, 0.29) is 5.41 Å². The molecule has 0 radical (unpaired) electrons. The van der Waals surface area contributed by atoms with Crippen molar-refractivity contribution in [3.8, 4) is 10.7 Å². The fraction of sp³-hybridized carbons (Fsp3) is 0.321. The number of fused-ring (bicyclic) bond motifs is 2. The van der Waals surface area contributed by atoms with Gasteiger partial charge in [-0.15, -0.1) is 11.3 Å². The Morgan fingerprint density at radius 2 is 1.71 bits per heavy atom. The third kappa shape index (κ3) is 4.42. The summed E-state index contributed by atoms with van der Waals surface area (Å²) in [6.07, 6.45) is 3.50. The minimum absolute atomic E-state index is 0.153. The summed E-state index contributed by atoms with van der Waals surface area (Å²) in [5, 5.41) is 0. The Bertz CT molecular complexity index is 1490. The molecule has 0 atom stereocenters. The Hall–Kier alpha value is -3.29. The molecular weight excluding hydrogens is 452 g/mol. The van der Waals surface area contributed by atoms with Gasteiger partial charge in [-0.25, -0.2) is 4.98 Å². The summed E-state index contributed by atoms with van der Waals surface area (Å²) in [4.78, 5) is 25.0. The zero-order valence-corrected chi connectivity index (χ0v) is 21.3. The molecule has 178 valence electrons. The molecule has 6 rings (SSSR count). The van der Waals surface area contributed by atoms with Crippen LogP contribution in [0.25, 0.3) is 32.8 Å². The first-order valence-electron chi connectivity index (χ1n) is 12.2. The van der Waals surface area contributed by atoms with Gasteiger partial charge in [0.25, 0.3) is 0 Å². The molecule has 7 heteroatoms. The highest BCUT2D eigenvalue weighted by molar-refractivity contribution is 7.15. The molecule has 6 nitrogen and oxygen atoms in total. The molecule has 2 aromatic carbocycles. The predicted molar refractivity (Wildman–Crippen MR) is 145 cm³/mol. The molecule has 0 bridgehead atoms. The maximum Gasteiger partial charge on any atom is 0.148 e. The topological polar surface area (TPSA) is 60.9 Å². The van der Waals surface area contributed by atoms with Crippen LogP contribution >= 0.6 is 11.3 Å². The van der Waals surface area contributed by atoms with Gasteiger partial charge >= 0.3 is 0 Å². The number of aromatic nitrogens is 4. The lowest BCUT2D eigenvalue weighted by Crippen LogP contribution is -2.46. The molecule has 1 aliphatic heterocycles. The molecule has 0 spiro atoms. The second kappa shape index (κ2) is 8.73. The number of benzene rings is 2. The van der Waals surface area contributed by atoms with Gasteiger partial charge in [-0.2, -0.15) is 0 Å². The smallest absolute Gasteiger partial charge is 0.148 e. The zero-order valence-electron chi connectivity index (χ0n) is 20.5. The minimum Gasteiger partial charge on any atom is -0.367 e. The summed E-state index contributed by atoms with van der Waals surface area (Å²) in [7, 11) is 0. The van der Waals surface area contributed by atoms with E-state index in [4.69, 9.17) is 4.98 Å². The molecule has 1 saturated heterocycles. The second-order valence-corrected chi connectivity index (χ2v) is 11.4. The maximum atomic E-state index is 5.06. The lowest BCUT2D eigenvalue weighted by Gasteiger charge is -2.36. The molecule has 0 saturated carbocycles. The quantitative estimate of drug-likeness (QED) is 0.348. The average molecular weight is 483 g/mol. The van der Waals surface area contributed by atoms with E-state index < -0.39 is 0 Å². The van der Waals surface area contributed by atoms with E-state index in [0.717, 1.165) is 60.6 Å². The summed E-state index contributed by atoms with van der Waals surface area (Å²) < 4.78 is 0. The predicted octanol–water partition coefficient (Wildman–Crippen LogP) is 5.85. The molecule has 3 aromatic heterocycles. The van der Waals surface area contributed by atoms with Crippen molar-refractivity contribution in [1.82, 2.24) is 24.8 Å². The van der Waals surface area contributed by atoms with Crippen molar-refractivity contribution in [3.63, 3.8) is 0 Å². The Balaban J connectivity index is 1.18. The van der Waals surface area contributed by atoms with Gasteiger partial charge in [0.05, 0.1) is 27.1 Å². The van der Waals surface area contributed by atoms with E-state index >= 15 is 0 Å². The van der Waals surface area contributed by atoms with Crippen molar-refractivity contribution in [1.29, 1.82) is 0 Å². The highest BCUT2D eigenvalue weighted by atomic mass is 32.1. The van der Waals surface area contributed by atoms with E-state index in [0.29, 0.717) is 0 Å². The van der Waals surface area contributed by atoms with E-state index in [1.165, 1.54) is 21.0 Å². The average Bonchev–Trinajstić information content (AvgIpc) is 3.52. The fourth-order valence-electron chi connectivity index (χ4n) is 4.77. The van der Waals surface area contributed by atoms with Crippen LogP contribution in [0.1, 0.15) is 31.2 Å². The van der Waals surface area contributed by atoms with Gasteiger partial charge in [-0.1, -0.05) is 32.9 Å². The van der Waals surface area contributed by atoms with Crippen LogP contribution in [0, 0.1) is 0 Å². The van der Waals surface area contributed by atoms with Crippen molar-refractivity contribution in [3.05, 3.63) is 71.4 Å². The summed E-state index contributed by atoms with van der Waals surface area (Å²) in [5.41, 5.74) is 6.74. The van der Waals surface area contributed by atoms with Crippen LogP contribution in [0.3, 0.4) is 0 Å². The number of hydrogen-bond acceptors (Lipinski definition) is 6. The van der Waals surface area contributed by atoms with E-state index in [9.17, 15) is 0 Å². The van der Waals surface area contributed by atoms with E-state index in [1.807, 2.05) is 11.3 Å². The number of H-pyrrole nitrogens is 1. The summed E-state index contributed by atoms with van der Waals surface area (Å²) in [6, 6.07) is 17.3. The van der Waals surface area contributed by atoms with Crippen LogP contribution in [-0.2, 0) is 12.0 Å². The van der Waals surface area contributed by atoms with Gasteiger partial charge in [0, 0.05) is 50.0 Å². The monoisotopic (exact) mass is 482 g/mol. The van der Waals surface area contributed by atoms with Gasteiger partial charge < -0.3 is 9.88 Å². The number of rotatable bonds is 4. The Morgan fingerprint density at radius 1 is 0.914 bits per heavy atom. The molecular formula is C28H30N6S. The van der Waals surface area contributed by atoms with Crippen LogP contribution < -0.4 is 4.90 Å². The highest BCUT2D eigenvalue weighted by Crippen LogP contribution is 2.36. The molecule has 0 amide bonds. The molecule has 0 aliphatic carbocycles. The van der Waals surface area contributed by atoms with Crippen LogP contribution in [0.2, 0.25) is 0 Å². The normalized spacial score (nSPS) is 15.3. The van der Waals surface area contributed by atoms with Crippen molar-refractivity contribution in [2.75, 3.05) is 31.1 Å². The molecule has 1 aliphatic rings. The second-order valence-electron chi connectivity index (χ2n) is 10.3. The molecule has 4 heterocycles. The first kappa shape index (κ1) is 22.2. The summed E-state index contributed by atoms with van der Waals surface area (Å²) in [5.74, 6) is 0.964. The summed E-state index contributed by atoms with van der Waals surface area (Å²) in [6.45, 7) is 11.7. The number of nitrogens with zero attached hydrogens (tertiary/aromatic N) is 5. The van der Waals surface area contributed by atoms with Gasteiger partial charge in [0.1, 0.15) is 11.3 Å². The number of nitrogens with one attached hydrogen (secondary N) is 1. The lowest BCUT2D eigenvalue weighted by atomic mass is 9.95. The maximum absolute atomic E-state index is 5.06. The van der Waals surface area contributed by atoms with Crippen LogP contribution in [0.5, 0.6) is 0 Å². The van der Waals surface area contributed by atoms with Gasteiger partial charge in [-0.05, 0) is 47.4 Å². The molecule has 35 heavy (non-hydrogen) atoms. The van der Waals surface area contributed by atoms with Crippen molar-refractivity contribution in [2.24, 2.45) is 0 Å². The van der Waals surface area contributed by atoms with Gasteiger partial charge in [0.15, 0.2) is 0 Å². The largest absolute Gasteiger partial charge is 0.367 e. The number of para-hydroxylation sites is 1. The number of anilines is 1. The standard InChI is InChI=1S/C28H30N6S/c1-28(2,3)25-10-9-24(35-25)27-31-21-5-4-6-23(26(21)32-27)34-15-13-33(14-16-34)18-19-7-8-20-22(17-19)30-12-11-29-20/h4-12,17H,13-16,18H2,1-3H3,(H,31,32). The lowest BCUT2D eigenvalue weighted by molar-refractivity contribution is 0.250. The number of imidazole rings is 1. The van der Waals surface area contributed by atoms with Crippen LogP contribution in [-0.4, -0.2) is 51.0 Å². The van der Waals surface area contributed by atoms with E-state index in [1.54, 1.807) is 12.4 Å². The number of aromatic amines is 1. The first-order chi connectivity index (χ1) is 16.9. The minimum atomic E-state index is 0.153. The van der Waals surface area contributed by atoms with Gasteiger partial charge in [0.2, 0.25) is 0 Å². The summed E-state index contributed by atoms with van der Waals surface area (Å²) >= 11 is 1.83. The van der Waals surface area contributed by atoms with Crippen LogP contribution in [0.15, 0.2) is 60.9 Å². The number of thiophene rings is 1. The third-order valence-corrected chi connectivity index (χ3v) is 8.24. The molecule has 0 unspecified atom stereocenters. The van der Waals surface area contributed by atoms with Crippen LogP contribution in [0.4, 0.5) is 5.69 Å². The molecule has 1 N–H and O–H groups in total. The Morgan fingerprint density at radius 3 is 2.49 bits per heavy atom. The fourth-order valence-corrected chi connectivity index (χ4v) is 5.78. The van der Waals surface area contributed by atoms with Crippen molar-refractivity contribution < 1.29 is 0 Å².